The summed E-state index contributed by atoms with van der Waals surface area (Å²) >= 11 is 0. The van der Waals surface area contributed by atoms with Crippen molar-refractivity contribution in [3.8, 4) is 0 Å². The average molecular weight is 449 g/mol. The van der Waals surface area contributed by atoms with Crippen molar-refractivity contribution in [2.75, 3.05) is 6.61 Å². The van der Waals surface area contributed by atoms with E-state index in [1.54, 1.807) is 6.92 Å². The predicted molar refractivity (Wildman–Crippen MR) is 135 cm³/mol. The van der Waals surface area contributed by atoms with Crippen molar-refractivity contribution >= 4 is 18.7 Å². The third-order valence-electron chi connectivity index (χ3n) is 6.31. The Balaban J connectivity index is 1.90. The van der Waals surface area contributed by atoms with Gasteiger partial charge in [-0.2, -0.15) is 0 Å². The number of aliphatic hydroxyl groups is 2. The highest BCUT2D eigenvalue weighted by Crippen LogP contribution is 2.37. The molecule has 0 saturated heterocycles. The summed E-state index contributed by atoms with van der Waals surface area (Å²) in [4.78, 5) is 0. The Morgan fingerprint density at radius 2 is 1.25 bits per heavy atom. The summed E-state index contributed by atoms with van der Waals surface area (Å²) in [5, 5.41) is 21.8. The van der Waals surface area contributed by atoms with Gasteiger partial charge in [-0.1, -0.05) is 106 Å². The maximum atomic E-state index is 9.82. The lowest BCUT2D eigenvalue weighted by molar-refractivity contribution is 0.0810. The Kier molecular flexibility index (Phi) is 8.07. The molecule has 3 aromatic rings. The molecule has 2 atom stereocenters. The molecule has 0 amide bonds. The quantitative estimate of drug-likeness (QED) is 0.480. The molecule has 0 aliphatic heterocycles. The van der Waals surface area contributed by atoms with Crippen LogP contribution in [0.1, 0.15) is 38.8 Å². The first-order chi connectivity index (χ1) is 15.3. The average Bonchev–Trinajstić information content (AvgIpc) is 2.79. The van der Waals surface area contributed by atoms with Gasteiger partial charge >= 0.3 is 0 Å². The van der Waals surface area contributed by atoms with Crippen LogP contribution >= 0.6 is 0 Å². The summed E-state index contributed by atoms with van der Waals surface area (Å²) in [5.74, 6) is -0.144. The minimum Gasteiger partial charge on any atom is -0.403 e. The SMILES string of the molecule is C[C@@H](O)[C@H](CO)Cc1ccc(CO[Si](c2ccccc2)(c2ccccc2)C(C)(C)C)cc1. The fourth-order valence-electron chi connectivity index (χ4n) is 4.42. The zero-order chi connectivity index (χ0) is 23.2. The minimum absolute atomic E-state index is 0.0175. The van der Waals surface area contributed by atoms with Gasteiger partial charge in [0.15, 0.2) is 0 Å². The van der Waals surface area contributed by atoms with E-state index in [-0.39, 0.29) is 17.6 Å². The lowest BCUT2D eigenvalue weighted by Gasteiger charge is -2.43. The van der Waals surface area contributed by atoms with E-state index in [1.807, 2.05) is 0 Å². The summed E-state index contributed by atoms with van der Waals surface area (Å²) in [7, 11) is -2.56. The van der Waals surface area contributed by atoms with E-state index in [4.69, 9.17) is 4.43 Å². The van der Waals surface area contributed by atoms with Gasteiger partial charge in [-0.05, 0) is 39.9 Å². The maximum absolute atomic E-state index is 9.82. The molecule has 4 heteroatoms. The topological polar surface area (TPSA) is 49.7 Å². The molecule has 0 fully saturated rings. The molecule has 0 spiro atoms. The number of rotatable bonds is 9. The Labute approximate surface area is 193 Å². The van der Waals surface area contributed by atoms with Crippen LogP contribution < -0.4 is 10.4 Å². The summed E-state index contributed by atoms with van der Waals surface area (Å²) in [6, 6.07) is 29.7. The Bertz CT molecular complexity index is 908. The van der Waals surface area contributed by atoms with Gasteiger partial charge in [-0.3, -0.25) is 0 Å². The fourth-order valence-corrected chi connectivity index (χ4v) is 8.95. The molecule has 0 unspecified atom stereocenters. The van der Waals surface area contributed by atoms with Gasteiger partial charge in [-0.15, -0.1) is 0 Å². The highest BCUT2D eigenvalue weighted by molar-refractivity contribution is 6.99. The molecule has 0 aromatic heterocycles. The van der Waals surface area contributed by atoms with Gasteiger partial charge in [0, 0.05) is 12.5 Å². The molecule has 3 nitrogen and oxygen atoms in total. The van der Waals surface area contributed by atoms with Gasteiger partial charge in [-0.25, -0.2) is 0 Å². The third-order valence-corrected chi connectivity index (χ3v) is 11.3. The molecule has 0 radical (unpaired) electrons. The molecule has 170 valence electrons. The summed E-state index contributed by atoms with van der Waals surface area (Å²) in [5.41, 5.74) is 2.23. The highest BCUT2D eigenvalue weighted by atomic mass is 28.4. The van der Waals surface area contributed by atoms with Crippen LogP contribution in [0, 0.1) is 5.92 Å². The normalized spacial score (nSPS) is 14.2. The maximum Gasteiger partial charge on any atom is 0.261 e. The molecule has 0 saturated carbocycles. The molecular weight excluding hydrogens is 412 g/mol. The molecule has 32 heavy (non-hydrogen) atoms. The fraction of sp³-hybridized carbons (Fsp3) is 0.357. The zero-order valence-electron chi connectivity index (χ0n) is 19.7. The molecule has 0 aliphatic rings. The lowest BCUT2D eigenvalue weighted by Crippen LogP contribution is -2.66. The van der Waals surface area contributed by atoms with Crippen LogP contribution in [0.5, 0.6) is 0 Å². The molecule has 0 aliphatic carbocycles. The monoisotopic (exact) mass is 448 g/mol. The van der Waals surface area contributed by atoms with E-state index in [1.165, 1.54) is 10.4 Å². The smallest absolute Gasteiger partial charge is 0.261 e. The summed E-state index contributed by atoms with van der Waals surface area (Å²) < 4.78 is 6.99. The van der Waals surface area contributed by atoms with Crippen molar-refractivity contribution in [1.82, 2.24) is 0 Å². The molecule has 0 bridgehead atoms. The van der Waals surface area contributed by atoms with E-state index in [2.05, 4.69) is 106 Å². The second-order valence-electron chi connectivity index (χ2n) is 9.66. The second kappa shape index (κ2) is 10.6. The van der Waals surface area contributed by atoms with Crippen molar-refractivity contribution < 1.29 is 14.6 Å². The molecule has 3 rings (SSSR count). The first kappa shape index (κ1) is 24.4. The number of aliphatic hydroxyl groups excluding tert-OH is 2. The van der Waals surface area contributed by atoms with Crippen molar-refractivity contribution in [2.45, 2.75) is 51.9 Å². The first-order valence-electron chi connectivity index (χ1n) is 11.4. The van der Waals surface area contributed by atoms with Crippen LogP contribution in [-0.2, 0) is 17.5 Å². The zero-order valence-corrected chi connectivity index (χ0v) is 20.7. The molecule has 2 N–H and O–H groups in total. The van der Waals surface area contributed by atoms with Gasteiger partial charge in [0.1, 0.15) is 0 Å². The number of hydrogen-bond acceptors (Lipinski definition) is 3. The van der Waals surface area contributed by atoms with Crippen LogP contribution in [0.15, 0.2) is 84.9 Å². The Morgan fingerprint density at radius 1 is 0.781 bits per heavy atom. The van der Waals surface area contributed by atoms with Crippen LogP contribution in [0.2, 0.25) is 5.04 Å². The van der Waals surface area contributed by atoms with Gasteiger partial charge < -0.3 is 14.6 Å². The molecular formula is C28H36O3Si. The third kappa shape index (κ3) is 5.38. The molecule has 0 heterocycles. The van der Waals surface area contributed by atoms with E-state index >= 15 is 0 Å². The first-order valence-corrected chi connectivity index (χ1v) is 13.3. The Morgan fingerprint density at radius 3 is 1.66 bits per heavy atom. The van der Waals surface area contributed by atoms with Crippen molar-refractivity contribution in [3.63, 3.8) is 0 Å². The number of hydrogen-bond donors (Lipinski definition) is 2. The van der Waals surface area contributed by atoms with E-state index in [9.17, 15) is 10.2 Å². The van der Waals surface area contributed by atoms with Gasteiger partial charge in [0.25, 0.3) is 8.32 Å². The van der Waals surface area contributed by atoms with Crippen molar-refractivity contribution in [3.05, 3.63) is 96.1 Å². The largest absolute Gasteiger partial charge is 0.403 e. The van der Waals surface area contributed by atoms with E-state index in [0.717, 1.165) is 11.1 Å². The standard InChI is InChI=1S/C28H36O3Si/c1-22(30)25(20-29)19-23-15-17-24(18-16-23)21-31-32(28(2,3)4,26-11-7-5-8-12-26)27-13-9-6-10-14-27/h5-18,22,25,29-30H,19-21H2,1-4H3/t22-,25+/m1/s1. The minimum atomic E-state index is -2.56. The van der Waals surface area contributed by atoms with Crippen molar-refractivity contribution in [2.24, 2.45) is 5.92 Å². The van der Waals surface area contributed by atoms with Crippen molar-refractivity contribution in [1.29, 1.82) is 0 Å². The van der Waals surface area contributed by atoms with Gasteiger partial charge in [0.05, 0.1) is 12.7 Å². The summed E-state index contributed by atoms with van der Waals surface area (Å²) in [6.07, 6.45) is 0.127. The predicted octanol–water partition coefficient (Wildman–Crippen LogP) is 4.30. The number of benzene rings is 3. The van der Waals surface area contributed by atoms with E-state index < -0.39 is 14.4 Å². The van der Waals surface area contributed by atoms with Crippen LogP contribution in [0.3, 0.4) is 0 Å². The Hall–Kier alpha value is -2.24. The van der Waals surface area contributed by atoms with Crippen LogP contribution in [0.4, 0.5) is 0 Å². The van der Waals surface area contributed by atoms with E-state index in [0.29, 0.717) is 13.0 Å². The summed E-state index contributed by atoms with van der Waals surface area (Å²) in [6.45, 7) is 9.10. The van der Waals surface area contributed by atoms with Crippen LogP contribution in [-0.4, -0.2) is 31.2 Å². The second-order valence-corrected chi connectivity index (χ2v) is 14.0. The van der Waals surface area contributed by atoms with Crippen LogP contribution in [0.25, 0.3) is 0 Å². The highest BCUT2D eigenvalue weighted by Gasteiger charge is 2.50. The van der Waals surface area contributed by atoms with Gasteiger partial charge in [0.2, 0.25) is 0 Å². The lowest BCUT2D eigenvalue weighted by atomic mass is 9.95. The molecule has 3 aromatic carbocycles.